The lowest BCUT2D eigenvalue weighted by Crippen LogP contribution is -2.42. The van der Waals surface area contributed by atoms with Crippen molar-refractivity contribution in [1.29, 1.82) is 0 Å². The number of rotatable bonds is 2. The van der Waals surface area contributed by atoms with Gasteiger partial charge in [0.2, 0.25) is 4.96 Å². The third-order valence-electron chi connectivity index (χ3n) is 3.77. The molecule has 1 aliphatic carbocycles. The van der Waals surface area contributed by atoms with Crippen molar-refractivity contribution in [3.05, 3.63) is 10.8 Å². The molecular weight excluding hydrogens is 250 g/mol. The van der Waals surface area contributed by atoms with Crippen molar-refractivity contribution >= 4 is 16.3 Å². The summed E-state index contributed by atoms with van der Waals surface area (Å²) in [5.41, 5.74) is 6.11. The topological polar surface area (TPSA) is 78.3 Å². The molecule has 2 aromatic rings. The van der Waals surface area contributed by atoms with E-state index < -0.39 is 0 Å². The molecule has 0 bridgehead atoms. The van der Waals surface area contributed by atoms with Crippen molar-refractivity contribution in [2.75, 3.05) is 13.2 Å². The van der Waals surface area contributed by atoms with E-state index in [0.29, 0.717) is 19.1 Å². The molecule has 2 aliphatic rings. The van der Waals surface area contributed by atoms with Crippen LogP contribution in [-0.4, -0.2) is 33.0 Å². The molecule has 1 saturated carbocycles. The Labute approximate surface area is 108 Å². The standard InChI is InChI=1S/C11H15N5OS/c12-11(3-5-17-6-4-11)9-15-16-8(7-1-2-7)13-14-10(16)18-9/h7H,1-6,12H2. The summed E-state index contributed by atoms with van der Waals surface area (Å²) in [4.78, 5) is 0.864. The molecule has 0 aromatic carbocycles. The molecule has 0 spiro atoms. The van der Waals surface area contributed by atoms with Crippen molar-refractivity contribution < 1.29 is 4.74 Å². The van der Waals surface area contributed by atoms with Crippen molar-refractivity contribution in [2.45, 2.75) is 37.1 Å². The molecule has 0 unspecified atom stereocenters. The van der Waals surface area contributed by atoms with Crippen LogP contribution in [0.5, 0.6) is 0 Å². The van der Waals surface area contributed by atoms with Crippen molar-refractivity contribution in [3.8, 4) is 0 Å². The van der Waals surface area contributed by atoms with Gasteiger partial charge in [0.15, 0.2) is 5.82 Å². The van der Waals surface area contributed by atoms with Gasteiger partial charge in [-0.05, 0) is 25.7 Å². The van der Waals surface area contributed by atoms with Gasteiger partial charge >= 0.3 is 0 Å². The Bertz CT molecular complexity index is 581. The lowest BCUT2D eigenvalue weighted by Gasteiger charge is -2.30. The molecule has 7 heteroatoms. The number of nitrogens with zero attached hydrogens (tertiary/aromatic N) is 4. The highest BCUT2D eigenvalue weighted by molar-refractivity contribution is 7.16. The molecule has 0 amide bonds. The summed E-state index contributed by atoms with van der Waals surface area (Å²) in [5, 5.41) is 14.1. The zero-order chi connectivity index (χ0) is 12.2. The van der Waals surface area contributed by atoms with E-state index in [9.17, 15) is 0 Å². The van der Waals surface area contributed by atoms with Crippen LogP contribution in [0, 0.1) is 0 Å². The first-order valence-electron chi connectivity index (χ1n) is 6.35. The average Bonchev–Trinajstić information content (AvgIpc) is 2.99. The first kappa shape index (κ1) is 10.8. The van der Waals surface area contributed by atoms with Crippen molar-refractivity contribution in [2.24, 2.45) is 5.73 Å². The number of hydrogen-bond donors (Lipinski definition) is 1. The fourth-order valence-corrected chi connectivity index (χ4v) is 3.38. The molecule has 2 fully saturated rings. The molecule has 1 aliphatic heterocycles. The van der Waals surface area contributed by atoms with Crippen LogP contribution in [-0.2, 0) is 10.3 Å². The predicted octanol–water partition coefficient (Wildman–Crippen LogP) is 1.03. The minimum absolute atomic E-state index is 0.343. The molecule has 1 saturated heterocycles. The third-order valence-corrected chi connectivity index (χ3v) is 4.89. The van der Waals surface area contributed by atoms with Gasteiger partial charge in [0.05, 0.1) is 5.54 Å². The second-order valence-electron chi connectivity index (χ2n) is 5.20. The van der Waals surface area contributed by atoms with Gasteiger partial charge < -0.3 is 10.5 Å². The van der Waals surface area contributed by atoms with Crippen LogP contribution in [0.2, 0.25) is 0 Å². The lowest BCUT2D eigenvalue weighted by atomic mass is 9.92. The second kappa shape index (κ2) is 3.72. The van der Waals surface area contributed by atoms with Gasteiger partial charge in [0, 0.05) is 19.1 Å². The SMILES string of the molecule is NC1(c2nn3c(C4CC4)nnc3s2)CCOCC1. The quantitative estimate of drug-likeness (QED) is 0.877. The van der Waals surface area contributed by atoms with Crippen LogP contribution in [0.25, 0.3) is 4.96 Å². The van der Waals surface area contributed by atoms with Crippen LogP contribution in [0.4, 0.5) is 0 Å². The van der Waals surface area contributed by atoms with Gasteiger partial charge in [-0.15, -0.1) is 10.2 Å². The maximum Gasteiger partial charge on any atom is 0.234 e. The van der Waals surface area contributed by atoms with Gasteiger partial charge in [0.25, 0.3) is 0 Å². The number of ether oxygens (including phenoxy) is 1. The summed E-state index contributed by atoms with van der Waals surface area (Å²) in [5.74, 6) is 1.56. The van der Waals surface area contributed by atoms with Gasteiger partial charge in [-0.1, -0.05) is 11.3 Å². The predicted molar refractivity (Wildman–Crippen MR) is 66.6 cm³/mol. The summed E-state index contributed by atoms with van der Waals surface area (Å²) >= 11 is 1.57. The fourth-order valence-electron chi connectivity index (χ4n) is 2.38. The van der Waals surface area contributed by atoms with E-state index in [2.05, 4.69) is 15.3 Å². The van der Waals surface area contributed by atoms with E-state index in [-0.39, 0.29) is 5.54 Å². The highest BCUT2D eigenvalue weighted by Crippen LogP contribution is 2.40. The van der Waals surface area contributed by atoms with Crippen LogP contribution >= 0.6 is 11.3 Å². The molecule has 2 aromatic heterocycles. The Morgan fingerprint density at radius 3 is 2.78 bits per heavy atom. The normalized spacial score (nSPS) is 23.6. The summed E-state index contributed by atoms with van der Waals surface area (Å²) in [7, 11) is 0. The van der Waals surface area contributed by atoms with Gasteiger partial charge in [-0.3, -0.25) is 0 Å². The average molecular weight is 265 g/mol. The molecule has 18 heavy (non-hydrogen) atoms. The van der Waals surface area contributed by atoms with Gasteiger partial charge in [-0.2, -0.15) is 9.61 Å². The minimum Gasteiger partial charge on any atom is -0.381 e. The summed E-state index contributed by atoms with van der Waals surface area (Å²) in [6.07, 6.45) is 4.07. The molecular formula is C11H15N5OS. The Morgan fingerprint density at radius 2 is 2.06 bits per heavy atom. The maximum absolute atomic E-state index is 6.45. The maximum atomic E-state index is 6.45. The number of fused-ring (bicyclic) bond motifs is 1. The van der Waals surface area contributed by atoms with E-state index in [1.54, 1.807) is 11.3 Å². The van der Waals surface area contributed by atoms with Crippen LogP contribution in [0.15, 0.2) is 0 Å². The Hall–Kier alpha value is -1.05. The van der Waals surface area contributed by atoms with Gasteiger partial charge in [-0.25, -0.2) is 0 Å². The Balaban J connectivity index is 1.76. The molecule has 6 nitrogen and oxygen atoms in total. The highest BCUT2D eigenvalue weighted by Gasteiger charge is 2.36. The van der Waals surface area contributed by atoms with E-state index in [4.69, 9.17) is 10.5 Å². The highest BCUT2D eigenvalue weighted by atomic mass is 32.1. The molecule has 0 atom stereocenters. The van der Waals surface area contributed by atoms with E-state index >= 15 is 0 Å². The van der Waals surface area contributed by atoms with Crippen molar-refractivity contribution in [1.82, 2.24) is 19.8 Å². The monoisotopic (exact) mass is 265 g/mol. The lowest BCUT2D eigenvalue weighted by molar-refractivity contribution is 0.0518. The van der Waals surface area contributed by atoms with Crippen LogP contribution in [0.3, 0.4) is 0 Å². The van der Waals surface area contributed by atoms with E-state index in [0.717, 1.165) is 28.6 Å². The Morgan fingerprint density at radius 1 is 1.28 bits per heavy atom. The molecule has 4 rings (SSSR count). The first-order valence-corrected chi connectivity index (χ1v) is 7.17. The van der Waals surface area contributed by atoms with Crippen molar-refractivity contribution in [3.63, 3.8) is 0 Å². The minimum atomic E-state index is -0.343. The number of nitrogens with two attached hydrogens (primary N) is 1. The van der Waals surface area contributed by atoms with E-state index in [1.807, 2.05) is 4.52 Å². The zero-order valence-electron chi connectivity index (χ0n) is 10.0. The largest absolute Gasteiger partial charge is 0.381 e. The molecule has 3 heterocycles. The molecule has 96 valence electrons. The molecule has 0 radical (unpaired) electrons. The Kier molecular flexibility index (Phi) is 2.24. The van der Waals surface area contributed by atoms with Crippen LogP contribution < -0.4 is 5.73 Å². The molecule has 2 N–H and O–H groups in total. The zero-order valence-corrected chi connectivity index (χ0v) is 10.8. The number of aromatic nitrogens is 4. The summed E-state index contributed by atoms with van der Waals surface area (Å²) in [6.45, 7) is 1.43. The fraction of sp³-hybridized carbons (Fsp3) is 0.727. The second-order valence-corrected chi connectivity index (χ2v) is 6.16. The summed E-state index contributed by atoms with van der Waals surface area (Å²) in [6, 6.07) is 0. The smallest absolute Gasteiger partial charge is 0.234 e. The van der Waals surface area contributed by atoms with Gasteiger partial charge in [0.1, 0.15) is 5.01 Å². The summed E-state index contributed by atoms with van der Waals surface area (Å²) < 4.78 is 7.27. The number of hydrogen-bond acceptors (Lipinski definition) is 6. The third kappa shape index (κ3) is 1.58. The van der Waals surface area contributed by atoms with E-state index in [1.165, 1.54) is 12.8 Å². The van der Waals surface area contributed by atoms with Crippen LogP contribution in [0.1, 0.15) is 42.4 Å². The first-order chi connectivity index (χ1) is 8.76.